The maximum absolute atomic E-state index is 11.7. The summed E-state index contributed by atoms with van der Waals surface area (Å²) in [6, 6.07) is 0. The van der Waals surface area contributed by atoms with Crippen molar-refractivity contribution in [3.63, 3.8) is 0 Å². The maximum Gasteiger partial charge on any atom is 0.302 e. The summed E-state index contributed by atoms with van der Waals surface area (Å²) in [5.41, 5.74) is 2.75. The molecule has 0 unspecified atom stereocenters. The number of rotatable bonds is 6. The van der Waals surface area contributed by atoms with Crippen LogP contribution in [0.25, 0.3) is 0 Å². The molecule has 0 spiro atoms. The van der Waals surface area contributed by atoms with Crippen molar-refractivity contribution in [1.82, 2.24) is 0 Å². The van der Waals surface area contributed by atoms with E-state index in [2.05, 4.69) is 54.5 Å². The third kappa shape index (κ3) is 4.35. The summed E-state index contributed by atoms with van der Waals surface area (Å²) >= 11 is 0. The number of esters is 1. The van der Waals surface area contributed by atoms with Gasteiger partial charge in [0.25, 0.3) is 0 Å². The number of ether oxygens (including phenoxy) is 1. The third-order valence-electron chi connectivity index (χ3n) is 11.8. The number of carbonyl (C=O) groups excluding carboxylic acids is 1. The normalized spacial score (nSPS) is 44.3. The SMILES string of the molecule is CC(=O)O[C@H]1CC[C@]2(C)[C@H]3CC[C@]4(C)[C@@H]([C@H](C)CC[C@H](C)C(C)C)CC[C@H]4C3=CC[C@H]2[C@@H]1C. The molecule has 0 amide bonds. The van der Waals surface area contributed by atoms with Crippen molar-refractivity contribution in [2.24, 2.45) is 58.2 Å². The van der Waals surface area contributed by atoms with Crippen molar-refractivity contribution in [2.75, 3.05) is 0 Å². The highest BCUT2D eigenvalue weighted by Crippen LogP contribution is 2.67. The Bertz CT molecular complexity index is 752. The molecule has 3 saturated carbocycles. The summed E-state index contributed by atoms with van der Waals surface area (Å²) in [5.74, 6) is 5.98. The van der Waals surface area contributed by atoms with Crippen LogP contribution in [0.1, 0.15) is 113 Å². The highest BCUT2D eigenvalue weighted by Gasteiger charge is 2.59. The zero-order valence-electron chi connectivity index (χ0n) is 23.0. The largest absolute Gasteiger partial charge is 0.462 e. The highest BCUT2D eigenvalue weighted by atomic mass is 16.5. The van der Waals surface area contributed by atoms with Crippen LogP contribution in [0.15, 0.2) is 11.6 Å². The molecule has 10 atom stereocenters. The Labute approximate surface area is 204 Å². The van der Waals surface area contributed by atoms with Gasteiger partial charge in [-0.3, -0.25) is 4.79 Å². The summed E-state index contributed by atoms with van der Waals surface area (Å²) in [6.45, 7) is 19.0. The lowest BCUT2D eigenvalue weighted by Gasteiger charge is -2.59. The second kappa shape index (κ2) is 9.34. The van der Waals surface area contributed by atoms with Gasteiger partial charge in [0, 0.05) is 6.92 Å². The van der Waals surface area contributed by atoms with Gasteiger partial charge < -0.3 is 4.74 Å². The second-order valence-electron chi connectivity index (χ2n) is 13.7. The molecule has 0 bridgehead atoms. The molecule has 33 heavy (non-hydrogen) atoms. The van der Waals surface area contributed by atoms with E-state index in [0.29, 0.717) is 22.7 Å². The lowest BCUT2D eigenvalue weighted by molar-refractivity contribution is -0.158. The van der Waals surface area contributed by atoms with Gasteiger partial charge in [-0.15, -0.1) is 0 Å². The Hall–Kier alpha value is -0.790. The molecular weight excluding hydrogens is 404 g/mol. The lowest BCUT2D eigenvalue weighted by atomic mass is 9.46. The first-order chi connectivity index (χ1) is 15.5. The van der Waals surface area contributed by atoms with Gasteiger partial charge in [0.2, 0.25) is 0 Å². The number of hydrogen-bond acceptors (Lipinski definition) is 2. The summed E-state index contributed by atoms with van der Waals surface area (Å²) in [5, 5.41) is 0. The topological polar surface area (TPSA) is 26.3 Å². The van der Waals surface area contributed by atoms with Crippen LogP contribution in [0.3, 0.4) is 0 Å². The minimum atomic E-state index is -0.107. The number of fused-ring (bicyclic) bond motifs is 5. The summed E-state index contributed by atoms with van der Waals surface area (Å²) in [7, 11) is 0. The van der Waals surface area contributed by atoms with E-state index in [4.69, 9.17) is 4.74 Å². The van der Waals surface area contributed by atoms with E-state index in [9.17, 15) is 4.79 Å². The molecule has 0 aromatic rings. The first-order valence-electron chi connectivity index (χ1n) is 14.4. The molecule has 4 rings (SSSR count). The molecule has 4 aliphatic rings. The molecule has 0 aromatic heterocycles. The number of allylic oxidation sites excluding steroid dienone is 2. The van der Waals surface area contributed by atoms with Crippen molar-refractivity contribution >= 4 is 5.97 Å². The highest BCUT2D eigenvalue weighted by molar-refractivity contribution is 5.66. The summed E-state index contributed by atoms with van der Waals surface area (Å²) in [6.07, 6.45) is 14.7. The minimum Gasteiger partial charge on any atom is -0.462 e. The lowest BCUT2D eigenvalue weighted by Crippen LogP contribution is -2.53. The fourth-order valence-electron chi connectivity index (χ4n) is 9.35. The van der Waals surface area contributed by atoms with Crippen LogP contribution in [0.2, 0.25) is 0 Å². The molecule has 0 radical (unpaired) electrons. The molecule has 0 heterocycles. The van der Waals surface area contributed by atoms with Crippen LogP contribution in [-0.4, -0.2) is 12.1 Å². The van der Waals surface area contributed by atoms with Gasteiger partial charge in [-0.25, -0.2) is 0 Å². The van der Waals surface area contributed by atoms with Gasteiger partial charge in [-0.05, 0) is 103 Å². The van der Waals surface area contributed by atoms with E-state index in [-0.39, 0.29) is 12.1 Å². The van der Waals surface area contributed by atoms with Crippen LogP contribution >= 0.6 is 0 Å². The Morgan fingerprint density at radius 1 is 1.00 bits per heavy atom. The molecule has 0 N–H and O–H groups in total. The van der Waals surface area contributed by atoms with Gasteiger partial charge in [-0.2, -0.15) is 0 Å². The van der Waals surface area contributed by atoms with E-state index in [0.717, 1.165) is 41.9 Å². The van der Waals surface area contributed by atoms with Crippen LogP contribution in [0, 0.1) is 58.2 Å². The average molecular weight is 457 g/mol. The second-order valence-corrected chi connectivity index (χ2v) is 13.7. The molecule has 3 fully saturated rings. The third-order valence-corrected chi connectivity index (χ3v) is 11.8. The molecule has 188 valence electrons. The zero-order valence-corrected chi connectivity index (χ0v) is 23.0. The first kappa shape index (κ1) is 25.3. The van der Waals surface area contributed by atoms with E-state index in [1.807, 2.05) is 5.57 Å². The number of hydrogen-bond donors (Lipinski definition) is 0. The monoisotopic (exact) mass is 456 g/mol. The van der Waals surface area contributed by atoms with E-state index >= 15 is 0 Å². The van der Waals surface area contributed by atoms with Gasteiger partial charge >= 0.3 is 5.97 Å². The van der Waals surface area contributed by atoms with E-state index in [1.165, 1.54) is 51.4 Å². The first-order valence-corrected chi connectivity index (χ1v) is 14.4. The number of carbonyl (C=O) groups is 1. The standard InChI is InChI=1S/C31H52O2/c1-19(2)20(3)9-10-21(4)25-13-14-27-24-11-12-26-22(5)29(33-23(6)32)16-18-31(26,8)28(24)15-17-30(25,27)7/h11,19-22,25-29H,9-10,12-18H2,1-8H3/t20-,21+,22-,25+,26-,27-,28-,29-,30+,31-/m0/s1. The van der Waals surface area contributed by atoms with E-state index in [1.54, 1.807) is 6.92 Å². The summed E-state index contributed by atoms with van der Waals surface area (Å²) in [4.78, 5) is 11.7. The molecule has 0 aromatic carbocycles. The van der Waals surface area contributed by atoms with Gasteiger partial charge in [0.05, 0.1) is 0 Å². The van der Waals surface area contributed by atoms with Crippen molar-refractivity contribution < 1.29 is 9.53 Å². The van der Waals surface area contributed by atoms with Gasteiger partial charge in [-0.1, -0.05) is 73.0 Å². The van der Waals surface area contributed by atoms with Crippen LogP contribution in [0.5, 0.6) is 0 Å². The summed E-state index contributed by atoms with van der Waals surface area (Å²) < 4.78 is 5.75. The van der Waals surface area contributed by atoms with Crippen LogP contribution < -0.4 is 0 Å². The van der Waals surface area contributed by atoms with Crippen molar-refractivity contribution in [3.05, 3.63) is 11.6 Å². The fourth-order valence-corrected chi connectivity index (χ4v) is 9.35. The minimum absolute atomic E-state index is 0.107. The van der Waals surface area contributed by atoms with Crippen molar-refractivity contribution in [3.8, 4) is 0 Å². The Morgan fingerprint density at radius 2 is 1.67 bits per heavy atom. The van der Waals surface area contributed by atoms with Gasteiger partial charge in [0.1, 0.15) is 6.10 Å². The van der Waals surface area contributed by atoms with Crippen molar-refractivity contribution in [2.45, 2.75) is 119 Å². The maximum atomic E-state index is 11.7. The molecule has 0 aliphatic heterocycles. The predicted octanol–water partition coefficient (Wildman–Crippen LogP) is 8.45. The zero-order chi connectivity index (χ0) is 24.1. The Morgan fingerprint density at radius 3 is 2.33 bits per heavy atom. The smallest absolute Gasteiger partial charge is 0.302 e. The van der Waals surface area contributed by atoms with Crippen LogP contribution in [0.4, 0.5) is 0 Å². The predicted molar refractivity (Wildman–Crippen MR) is 138 cm³/mol. The van der Waals surface area contributed by atoms with Crippen LogP contribution in [-0.2, 0) is 9.53 Å². The van der Waals surface area contributed by atoms with Crippen molar-refractivity contribution in [1.29, 1.82) is 0 Å². The molecular formula is C31H52O2. The van der Waals surface area contributed by atoms with E-state index < -0.39 is 0 Å². The van der Waals surface area contributed by atoms with Gasteiger partial charge in [0.15, 0.2) is 0 Å². The molecule has 0 saturated heterocycles. The Balaban J connectivity index is 1.50. The fraction of sp³-hybridized carbons (Fsp3) is 0.903. The quantitative estimate of drug-likeness (QED) is 0.296. The average Bonchev–Trinajstić information content (AvgIpc) is 3.11. The molecule has 2 heteroatoms. The molecule has 2 nitrogen and oxygen atoms in total. The Kier molecular flexibility index (Phi) is 7.17. The molecule has 4 aliphatic carbocycles.